The Morgan fingerprint density at radius 1 is 1.09 bits per heavy atom. The van der Waals surface area contributed by atoms with Crippen molar-refractivity contribution in [3.05, 3.63) is 28.4 Å². The summed E-state index contributed by atoms with van der Waals surface area (Å²) in [6.07, 6.45) is 0. The van der Waals surface area contributed by atoms with Gasteiger partial charge in [0.1, 0.15) is 0 Å². The summed E-state index contributed by atoms with van der Waals surface area (Å²) in [7, 11) is 0. The summed E-state index contributed by atoms with van der Waals surface area (Å²) in [6.45, 7) is 0.132. The maximum absolute atomic E-state index is 9.01. The van der Waals surface area contributed by atoms with Gasteiger partial charge in [-0.15, -0.1) is 0 Å². The van der Waals surface area contributed by atoms with E-state index >= 15 is 0 Å². The lowest BCUT2D eigenvalue weighted by molar-refractivity contribution is 0.280. The maximum Gasteiger partial charge on any atom is 0.0702 e. The third-order valence-corrected chi connectivity index (χ3v) is 5.47. The summed E-state index contributed by atoms with van der Waals surface area (Å²) in [4.78, 5) is 0. The molecule has 0 atom stereocenters. The van der Waals surface area contributed by atoms with E-state index in [0.29, 0.717) is 0 Å². The van der Waals surface area contributed by atoms with E-state index in [0.717, 1.165) is 12.7 Å². The van der Waals surface area contributed by atoms with Gasteiger partial charge in [0.05, 0.1) is 6.61 Å². The Kier molecular flexibility index (Phi) is 4.33. The van der Waals surface area contributed by atoms with E-state index in [-0.39, 0.29) is 6.61 Å². The van der Waals surface area contributed by atoms with Crippen molar-refractivity contribution >= 4 is 67.8 Å². The van der Waals surface area contributed by atoms with E-state index in [4.69, 9.17) is 5.11 Å². The lowest BCUT2D eigenvalue weighted by atomic mass is 10.2. The molecule has 0 radical (unpaired) electrons. The van der Waals surface area contributed by atoms with Gasteiger partial charge in [-0.05, 0) is 79.9 Å². The average molecular weight is 486 g/mol. The van der Waals surface area contributed by atoms with Crippen LogP contribution in [0.3, 0.4) is 0 Å². The van der Waals surface area contributed by atoms with Crippen molar-refractivity contribution in [2.75, 3.05) is 0 Å². The van der Waals surface area contributed by atoms with Crippen LogP contribution in [0.25, 0.3) is 0 Å². The summed E-state index contributed by atoms with van der Waals surface area (Å²) < 4.78 is 3.50. The molecule has 1 rings (SSSR count). The second kappa shape index (κ2) is 4.56. The fourth-order valence-electron chi connectivity index (χ4n) is 0.714. The molecule has 0 bridgehead atoms. The van der Waals surface area contributed by atoms with Crippen molar-refractivity contribution in [1.82, 2.24) is 0 Å². The molecule has 1 N–H and O–H groups in total. The average Bonchev–Trinajstić information content (AvgIpc) is 1.99. The lowest BCUT2D eigenvalue weighted by Crippen LogP contribution is -1.94. The van der Waals surface area contributed by atoms with Crippen LogP contribution in [-0.2, 0) is 6.61 Å². The molecule has 1 nitrogen and oxygen atoms in total. The number of rotatable bonds is 1. The monoisotopic (exact) mass is 486 g/mol. The molecule has 0 fully saturated rings. The van der Waals surface area contributed by atoms with Gasteiger partial charge in [0.25, 0.3) is 0 Å². The Morgan fingerprint density at radius 2 is 1.64 bits per heavy atom. The quantitative estimate of drug-likeness (QED) is 0.479. The molecule has 0 aliphatic heterocycles. The Balaban J connectivity index is 3.29. The van der Waals surface area contributed by atoms with E-state index in [9.17, 15) is 0 Å². The molecule has 60 valence electrons. The fraction of sp³-hybridized carbons (Fsp3) is 0.143. The Hall–Kier alpha value is 1.37. The van der Waals surface area contributed by atoms with Crippen molar-refractivity contribution < 1.29 is 5.11 Å². The van der Waals surface area contributed by atoms with Gasteiger partial charge in [0.2, 0.25) is 0 Å². The van der Waals surface area contributed by atoms with Crippen molar-refractivity contribution in [2.45, 2.75) is 6.61 Å². The third kappa shape index (κ3) is 2.41. The molecule has 0 heterocycles. The maximum atomic E-state index is 9.01. The number of halogens is 3. The van der Waals surface area contributed by atoms with Crippen LogP contribution in [0.15, 0.2) is 12.1 Å². The SMILES string of the molecule is OCc1c(I)ccc(I)c1I. The highest BCUT2D eigenvalue weighted by Crippen LogP contribution is 2.23. The van der Waals surface area contributed by atoms with E-state index in [2.05, 4.69) is 73.8 Å². The number of benzene rings is 1. The van der Waals surface area contributed by atoms with Crippen LogP contribution >= 0.6 is 67.8 Å². The Bertz CT molecular complexity index is 273. The molecule has 0 aliphatic carbocycles. The minimum absolute atomic E-state index is 0.132. The fourth-order valence-corrected chi connectivity index (χ4v) is 3.00. The number of hydrogen-bond acceptors (Lipinski definition) is 1. The van der Waals surface area contributed by atoms with Crippen LogP contribution in [0, 0.1) is 10.7 Å². The van der Waals surface area contributed by atoms with Gasteiger partial charge in [0.15, 0.2) is 0 Å². The minimum Gasteiger partial charge on any atom is -0.392 e. The molecule has 0 unspecified atom stereocenters. The molecule has 0 aliphatic rings. The standard InChI is InChI=1S/C7H5I3O/c8-5-1-2-6(9)7(10)4(5)3-11/h1-2,11H,3H2. The molecule has 0 saturated carbocycles. The molecule has 0 aromatic heterocycles. The predicted octanol–water partition coefficient (Wildman–Crippen LogP) is 2.99. The topological polar surface area (TPSA) is 20.2 Å². The van der Waals surface area contributed by atoms with Crippen LogP contribution in [0.5, 0.6) is 0 Å². The van der Waals surface area contributed by atoms with Gasteiger partial charge in [-0.2, -0.15) is 0 Å². The summed E-state index contributed by atoms with van der Waals surface area (Å²) in [5, 5.41) is 9.01. The Labute approximate surface area is 106 Å². The van der Waals surface area contributed by atoms with Crippen molar-refractivity contribution in [3.63, 3.8) is 0 Å². The van der Waals surface area contributed by atoms with Crippen LogP contribution in [0.4, 0.5) is 0 Å². The van der Waals surface area contributed by atoms with E-state index in [1.165, 1.54) is 3.57 Å². The first kappa shape index (κ1) is 10.5. The predicted molar refractivity (Wildman–Crippen MR) is 70.5 cm³/mol. The highest BCUT2D eigenvalue weighted by Gasteiger charge is 2.05. The molecule has 1 aromatic carbocycles. The second-order valence-electron chi connectivity index (χ2n) is 1.98. The Morgan fingerprint density at radius 3 is 2.09 bits per heavy atom. The molecular formula is C7H5I3O. The summed E-state index contributed by atoms with van der Waals surface area (Å²) >= 11 is 6.76. The van der Waals surface area contributed by atoms with Gasteiger partial charge in [0, 0.05) is 16.3 Å². The van der Waals surface area contributed by atoms with Crippen LogP contribution in [0.1, 0.15) is 5.56 Å². The van der Waals surface area contributed by atoms with Crippen molar-refractivity contribution in [3.8, 4) is 0 Å². The molecule has 0 spiro atoms. The van der Waals surface area contributed by atoms with Crippen LogP contribution in [0.2, 0.25) is 0 Å². The van der Waals surface area contributed by atoms with Crippen LogP contribution in [-0.4, -0.2) is 5.11 Å². The van der Waals surface area contributed by atoms with Crippen LogP contribution < -0.4 is 0 Å². The van der Waals surface area contributed by atoms with Gasteiger partial charge in [-0.25, -0.2) is 0 Å². The van der Waals surface area contributed by atoms with Crippen molar-refractivity contribution in [1.29, 1.82) is 0 Å². The largest absolute Gasteiger partial charge is 0.392 e. The van der Waals surface area contributed by atoms with E-state index in [1.54, 1.807) is 0 Å². The first-order valence-corrected chi connectivity index (χ1v) is 6.13. The van der Waals surface area contributed by atoms with Crippen molar-refractivity contribution in [2.24, 2.45) is 0 Å². The summed E-state index contributed by atoms with van der Waals surface area (Å²) in [6, 6.07) is 4.08. The molecular weight excluding hydrogens is 481 g/mol. The molecule has 0 amide bonds. The summed E-state index contributed by atoms with van der Waals surface area (Å²) in [5.41, 5.74) is 1.04. The molecule has 1 aromatic rings. The zero-order valence-corrected chi connectivity index (χ0v) is 11.9. The van der Waals surface area contributed by atoms with Gasteiger partial charge in [-0.1, -0.05) is 0 Å². The smallest absolute Gasteiger partial charge is 0.0702 e. The summed E-state index contributed by atoms with van der Waals surface area (Å²) in [5.74, 6) is 0. The normalized spacial score (nSPS) is 10.2. The van der Waals surface area contributed by atoms with Gasteiger partial charge < -0.3 is 5.11 Å². The first-order chi connectivity index (χ1) is 5.16. The second-order valence-corrected chi connectivity index (χ2v) is 5.38. The van der Waals surface area contributed by atoms with E-state index in [1.807, 2.05) is 6.07 Å². The molecule has 11 heavy (non-hydrogen) atoms. The minimum atomic E-state index is 0.132. The number of aliphatic hydroxyl groups is 1. The zero-order valence-electron chi connectivity index (χ0n) is 5.44. The third-order valence-electron chi connectivity index (χ3n) is 1.30. The zero-order chi connectivity index (χ0) is 8.43. The van der Waals surface area contributed by atoms with Gasteiger partial charge >= 0.3 is 0 Å². The lowest BCUT2D eigenvalue weighted by Gasteiger charge is -2.04. The number of hydrogen-bond donors (Lipinski definition) is 1. The number of aliphatic hydroxyl groups excluding tert-OH is 1. The molecule has 4 heteroatoms. The molecule has 0 saturated heterocycles. The highest BCUT2D eigenvalue weighted by molar-refractivity contribution is 14.1. The van der Waals surface area contributed by atoms with E-state index < -0.39 is 0 Å². The van der Waals surface area contributed by atoms with Gasteiger partial charge in [-0.3, -0.25) is 0 Å². The highest BCUT2D eigenvalue weighted by atomic mass is 127. The first-order valence-electron chi connectivity index (χ1n) is 2.90.